The maximum atomic E-state index is 10.5. The van der Waals surface area contributed by atoms with E-state index in [2.05, 4.69) is 6.92 Å². The Balaban J connectivity index is 3.22. The molecule has 0 radical (unpaired) electrons. The fraction of sp³-hybridized carbons (Fsp3) is 0.667. The lowest BCUT2D eigenvalue weighted by Gasteiger charge is -1.90. The minimum absolute atomic E-state index is 0.207. The smallest absolute Gasteiger partial charge is 0.180 e. The van der Waals surface area contributed by atoms with Crippen LogP contribution in [-0.2, 0) is 4.79 Å². The van der Waals surface area contributed by atoms with E-state index in [4.69, 9.17) is 5.11 Å². The number of aliphatic hydroxyl groups excluding tert-OH is 1. The zero-order valence-electron chi connectivity index (χ0n) is 7.05. The van der Waals surface area contributed by atoms with Gasteiger partial charge in [0.15, 0.2) is 5.78 Å². The van der Waals surface area contributed by atoms with E-state index in [0.29, 0.717) is 0 Å². The number of unbranched alkanes of at least 4 members (excludes halogenated alkanes) is 3. The molecule has 11 heavy (non-hydrogen) atoms. The van der Waals surface area contributed by atoms with E-state index in [0.717, 1.165) is 12.8 Å². The zero-order valence-corrected chi connectivity index (χ0v) is 7.05. The second-order valence-electron chi connectivity index (χ2n) is 2.52. The first-order valence-corrected chi connectivity index (χ1v) is 4.11. The van der Waals surface area contributed by atoms with Crippen LogP contribution in [0.25, 0.3) is 0 Å². The van der Waals surface area contributed by atoms with E-state index >= 15 is 0 Å². The Bertz CT molecular complexity index is 128. The molecule has 64 valence electrons. The van der Waals surface area contributed by atoms with Crippen LogP contribution in [0.5, 0.6) is 0 Å². The van der Waals surface area contributed by atoms with Crippen molar-refractivity contribution in [2.24, 2.45) is 0 Å². The lowest BCUT2D eigenvalue weighted by molar-refractivity contribution is -0.117. The van der Waals surface area contributed by atoms with Crippen molar-refractivity contribution in [1.82, 2.24) is 0 Å². The Morgan fingerprint density at radius 1 is 1.45 bits per heavy atom. The molecule has 0 heterocycles. The summed E-state index contributed by atoms with van der Waals surface area (Å²) in [5.41, 5.74) is 0. The molecule has 0 aromatic rings. The highest BCUT2D eigenvalue weighted by molar-refractivity contribution is 5.90. The van der Waals surface area contributed by atoms with Gasteiger partial charge >= 0.3 is 0 Å². The van der Waals surface area contributed by atoms with Gasteiger partial charge in [0.25, 0.3) is 0 Å². The van der Waals surface area contributed by atoms with Crippen molar-refractivity contribution in [2.45, 2.75) is 32.6 Å². The Hall–Kier alpha value is -0.630. The summed E-state index contributed by atoms with van der Waals surface area (Å²) < 4.78 is 0. The van der Waals surface area contributed by atoms with Crippen LogP contribution in [0.15, 0.2) is 12.2 Å². The minimum atomic E-state index is -0.371. The molecule has 0 aliphatic rings. The summed E-state index contributed by atoms with van der Waals surface area (Å²) in [6.07, 6.45) is 7.76. The topological polar surface area (TPSA) is 37.3 Å². The molecule has 2 heteroatoms. The summed E-state index contributed by atoms with van der Waals surface area (Å²) in [6.45, 7) is 1.77. The molecule has 0 spiro atoms. The summed E-state index contributed by atoms with van der Waals surface area (Å²) in [5, 5.41) is 8.34. The van der Waals surface area contributed by atoms with Gasteiger partial charge < -0.3 is 5.11 Å². The van der Waals surface area contributed by atoms with Crippen LogP contribution in [0.4, 0.5) is 0 Å². The van der Waals surface area contributed by atoms with Crippen LogP contribution in [0.2, 0.25) is 0 Å². The van der Waals surface area contributed by atoms with Gasteiger partial charge in [0.2, 0.25) is 0 Å². The third-order valence-corrected chi connectivity index (χ3v) is 1.43. The van der Waals surface area contributed by atoms with Crippen LogP contribution in [0.1, 0.15) is 32.6 Å². The molecule has 0 fully saturated rings. The minimum Gasteiger partial charge on any atom is -0.388 e. The standard InChI is InChI=1S/C9H16O2/c1-2-3-4-5-6-7-9(11)8-10/h6-7,10H,2-5,8H2,1H3. The van der Waals surface area contributed by atoms with E-state index in [9.17, 15) is 4.79 Å². The normalized spacial score (nSPS) is 10.7. The van der Waals surface area contributed by atoms with E-state index in [1.807, 2.05) is 6.08 Å². The van der Waals surface area contributed by atoms with Gasteiger partial charge in [-0.15, -0.1) is 0 Å². The van der Waals surface area contributed by atoms with Crippen LogP contribution >= 0.6 is 0 Å². The van der Waals surface area contributed by atoms with Gasteiger partial charge in [-0.25, -0.2) is 0 Å². The summed E-state index contributed by atoms with van der Waals surface area (Å²) in [7, 11) is 0. The van der Waals surface area contributed by atoms with E-state index in [1.54, 1.807) is 0 Å². The monoisotopic (exact) mass is 156 g/mol. The molecule has 0 saturated heterocycles. The average Bonchev–Trinajstić information content (AvgIpc) is 2.04. The average molecular weight is 156 g/mol. The molecule has 0 unspecified atom stereocenters. The zero-order chi connectivity index (χ0) is 8.53. The molecule has 0 amide bonds. The first-order chi connectivity index (χ1) is 5.31. The van der Waals surface area contributed by atoms with Crippen LogP contribution in [0.3, 0.4) is 0 Å². The Kier molecular flexibility index (Phi) is 7.05. The quantitative estimate of drug-likeness (QED) is 0.469. The van der Waals surface area contributed by atoms with E-state index in [-0.39, 0.29) is 12.4 Å². The molecule has 2 nitrogen and oxygen atoms in total. The van der Waals surface area contributed by atoms with Gasteiger partial charge in [0, 0.05) is 0 Å². The van der Waals surface area contributed by atoms with Crippen molar-refractivity contribution in [3.8, 4) is 0 Å². The molecule has 0 aromatic heterocycles. The van der Waals surface area contributed by atoms with Crippen molar-refractivity contribution in [3.63, 3.8) is 0 Å². The number of carbonyl (C=O) groups is 1. The van der Waals surface area contributed by atoms with Gasteiger partial charge in [-0.1, -0.05) is 25.8 Å². The Morgan fingerprint density at radius 3 is 2.73 bits per heavy atom. The highest BCUT2D eigenvalue weighted by atomic mass is 16.3. The summed E-state index contributed by atoms with van der Waals surface area (Å²) in [5.74, 6) is -0.207. The van der Waals surface area contributed by atoms with E-state index in [1.165, 1.54) is 18.9 Å². The second-order valence-corrected chi connectivity index (χ2v) is 2.52. The van der Waals surface area contributed by atoms with Crippen molar-refractivity contribution >= 4 is 5.78 Å². The fourth-order valence-corrected chi connectivity index (χ4v) is 0.780. The maximum Gasteiger partial charge on any atom is 0.180 e. The predicted octanol–water partition coefficient (Wildman–Crippen LogP) is 1.68. The number of aliphatic hydroxyl groups is 1. The molecule has 0 aliphatic heterocycles. The van der Waals surface area contributed by atoms with Crippen LogP contribution in [0, 0.1) is 0 Å². The number of hydrogen-bond donors (Lipinski definition) is 1. The van der Waals surface area contributed by atoms with Gasteiger partial charge in [-0.2, -0.15) is 0 Å². The van der Waals surface area contributed by atoms with Gasteiger partial charge in [-0.05, 0) is 18.9 Å². The molecule has 0 rings (SSSR count). The van der Waals surface area contributed by atoms with Gasteiger partial charge in [0.05, 0.1) is 0 Å². The lowest BCUT2D eigenvalue weighted by Crippen LogP contribution is -1.97. The molecule has 0 atom stereocenters. The predicted molar refractivity (Wildman–Crippen MR) is 45.4 cm³/mol. The molecule has 0 bridgehead atoms. The highest BCUT2D eigenvalue weighted by Crippen LogP contribution is 1.99. The largest absolute Gasteiger partial charge is 0.388 e. The van der Waals surface area contributed by atoms with Gasteiger partial charge in [-0.3, -0.25) is 4.79 Å². The number of rotatable bonds is 6. The number of hydrogen-bond acceptors (Lipinski definition) is 2. The van der Waals surface area contributed by atoms with E-state index < -0.39 is 0 Å². The molecule has 0 aliphatic carbocycles. The summed E-state index contributed by atoms with van der Waals surface area (Å²) in [6, 6.07) is 0. The number of ketones is 1. The molecular formula is C9H16O2. The van der Waals surface area contributed by atoms with Crippen LogP contribution in [-0.4, -0.2) is 17.5 Å². The third-order valence-electron chi connectivity index (χ3n) is 1.43. The van der Waals surface area contributed by atoms with Crippen molar-refractivity contribution in [3.05, 3.63) is 12.2 Å². The SMILES string of the molecule is CCCCCC=CC(=O)CO. The third kappa shape index (κ3) is 7.26. The first kappa shape index (κ1) is 10.4. The Labute approximate surface area is 67.9 Å². The lowest BCUT2D eigenvalue weighted by atomic mass is 10.2. The fourth-order valence-electron chi connectivity index (χ4n) is 0.780. The van der Waals surface area contributed by atoms with Crippen molar-refractivity contribution in [2.75, 3.05) is 6.61 Å². The molecule has 0 saturated carbocycles. The summed E-state index contributed by atoms with van der Waals surface area (Å²) >= 11 is 0. The highest BCUT2D eigenvalue weighted by Gasteiger charge is 1.89. The molecule has 0 aromatic carbocycles. The first-order valence-electron chi connectivity index (χ1n) is 4.11. The Morgan fingerprint density at radius 2 is 2.18 bits per heavy atom. The maximum absolute atomic E-state index is 10.5. The van der Waals surface area contributed by atoms with Crippen molar-refractivity contribution < 1.29 is 9.90 Å². The number of allylic oxidation sites excluding steroid dienone is 1. The second kappa shape index (κ2) is 7.48. The van der Waals surface area contributed by atoms with Gasteiger partial charge in [0.1, 0.15) is 6.61 Å². The molecule has 1 N–H and O–H groups in total. The summed E-state index contributed by atoms with van der Waals surface area (Å²) in [4.78, 5) is 10.5. The van der Waals surface area contributed by atoms with Crippen molar-refractivity contribution in [1.29, 1.82) is 0 Å². The number of carbonyl (C=O) groups excluding carboxylic acids is 1. The molecular weight excluding hydrogens is 140 g/mol. The van der Waals surface area contributed by atoms with Crippen LogP contribution < -0.4 is 0 Å².